The molecule has 29 heavy (non-hydrogen) atoms. The molecule has 2 fully saturated rings. The third kappa shape index (κ3) is 3.12. The first-order valence-electron chi connectivity index (χ1n) is 9.67. The first kappa shape index (κ1) is 18.0. The lowest BCUT2D eigenvalue weighted by molar-refractivity contribution is 0.0342. The Kier molecular flexibility index (Phi) is 4.22. The highest BCUT2D eigenvalue weighted by Gasteiger charge is 2.53. The zero-order valence-corrected chi connectivity index (χ0v) is 15.6. The van der Waals surface area contributed by atoms with Gasteiger partial charge in [-0.05, 0) is 42.5 Å². The summed E-state index contributed by atoms with van der Waals surface area (Å²) in [7, 11) is -0.741. The van der Waals surface area contributed by atoms with Crippen molar-refractivity contribution in [2.45, 2.75) is 30.6 Å². The number of benzene rings is 1. The molecule has 1 amide bonds. The third-order valence-corrected chi connectivity index (χ3v) is 5.96. The highest BCUT2D eigenvalue weighted by molar-refractivity contribution is 6.48. The number of nitrogens with two attached hydrogens (primary N) is 1. The molecule has 2 aromatic rings. The molecular formula is C19H20BN5O4. The Labute approximate surface area is 167 Å². The molecule has 1 saturated heterocycles. The average molecular weight is 393 g/mol. The number of nitrogens with one attached hydrogen (secondary N) is 1. The fraction of sp³-hybridized carbons (Fsp3) is 0.421. The number of carbonyl (C=O) groups is 1. The number of nitrogens with zero attached hydrogens (tertiary/aromatic N) is 3. The molecule has 9 nitrogen and oxygen atoms in total. The number of hydrogen-bond donors (Lipinski definition) is 3. The molecule has 3 aliphatic rings. The van der Waals surface area contributed by atoms with E-state index in [1.54, 1.807) is 23.0 Å². The number of amides is 1. The predicted molar refractivity (Wildman–Crippen MR) is 104 cm³/mol. The van der Waals surface area contributed by atoms with Gasteiger partial charge in [0.1, 0.15) is 11.3 Å². The lowest BCUT2D eigenvalue weighted by Crippen LogP contribution is -2.29. The highest BCUT2D eigenvalue weighted by Crippen LogP contribution is 2.59. The van der Waals surface area contributed by atoms with Crippen LogP contribution in [-0.4, -0.2) is 41.0 Å². The van der Waals surface area contributed by atoms with Crippen LogP contribution in [0.25, 0.3) is 0 Å². The van der Waals surface area contributed by atoms with Crippen molar-refractivity contribution in [3.63, 3.8) is 0 Å². The summed E-state index contributed by atoms with van der Waals surface area (Å²) in [5.41, 5.74) is 7.59. The average Bonchev–Trinajstić information content (AvgIpc) is 3.43. The molecule has 1 saturated carbocycles. The third-order valence-electron chi connectivity index (χ3n) is 5.96. The molecule has 4 N–H and O–H groups in total. The van der Waals surface area contributed by atoms with E-state index in [0.29, 0.717) is 37.1 Å². The van der Waals surface area contributed by atoms with Gasteiger partial charge in [-0.2, -0.15) is 10.4 Å². The largest absolute Gasteiger partial charge is 0.536 e. The van der Waals surface area contributed by atoms with Crippen LogP contribution in [0.15, 0.2) is 24.4 Å². The molecule has 0 spiro atoms. The minimum absolute atomic E-state index is 0.146. The Morgan fingerprint density at radius 3 is 3.14 bits per heavy atom. The standard InChI is InChI=1S/C19H20BN5O4/c21-7-10-3-4-28-9-16(10)25-8-14(18(22)26)19(24-25)23-11-1-2-17-13(5-11)12-6-15(12)20(27)29-17/h1-2,5,8,10,12,15-16,27H,3-4,6,9H2,(H2,22,26)(H,23,24)/t10-,12?,15?,16+/m0/s1. The summed E-state index contributed by atoms with van der Waals surface area (Å²) in [6.45, 7) is 0.900. The zero-order chi connectivity index (χ0) is 20.1. The van der Waals surface area contributed by atoms with E-state index in [1.165, 1.54) is 0 Å². The Hall–Kier alpha value is -3.03. The summed E-state index contributed by atoms with van der Waals surface area (Å²) in [6.07, 6.45) is 3.09. The molecule has 148 valence electrons. The number of ether oxygens (including phenoxy) is 1. The number of aromatic nitrogens is 2. The van der Waals surface area contributed by atoms with Crippen LogP contribution in [-0.2, 0) is 4.74 Å². The van der Waals surface area contributed by atoms with Gasteiger partial charge in [0.05, 0.1) is 24.6 Å². The number of rotatable bonds is 4. The molecule has 0 bridgehead atoms. The second kappa shape index (κ2) is 6.79. The van der Waals surface area contributed by atoms with Crippen LogP contribution in [0.4, 0.5) is 11.5 Å². The van der Waals surface area contributed by atoms with Gasteiger partial charge in [0.15, 0.2) is 5.82 Å². The van der Waals surface area contributed by atoms with E-state index in [4.69, 9.17) is 15.1 Å². The van der Waals surface area contributed by atoms with Gasteiger partial charge in [-0.25, -0.2) is 0 Å². The molecule has 1 aromatic carbocycles. The topological polar surface area (TPSA) is 135 Å². The van der Waals surface area contributed by atoms with Crippen LogP contribution in [0.5, 0.6) is 5.75 Å². The molecule has 5 rings (SSSR count). The first-order chi connectivity index (χ1) is 14.0. The molecule has 0 radical (unpaired) electrons. The van der Waals surface area contributed by atoms with Crippen LogP contribution in [0.3, 0.4) is 0 Å². The minimum Gasteiger partial charge on any atom is -0.536 e. The number of carbonyl (C=O) groups excluding carboxylic acids is 1. The second-order valence-electron chi connectivity index (χ2n) is 7.79. The highest BCUT2D eigenvalue weighted by atomic mass is 16.5. The van der Waals surface area contributed by atoms with E-state index in [-0.39, 0.29) is 23.3 Å². The van der Waals surface area contributed by atoms with Gasteiger partial charge in [-0.1, -0.05) is 0 Å². The van der Waals surface area contributed by atoms with Crippen molar-refractivity contribution in [2.24, 2.45) is 11.7 Å². The summed E-state index contributed by atoms with van der Waals surface area (Å²) in [4.78, 5) is 12.0. The molecule has 10 heteroatoms. The molecule has 2 aliphatic heterocycles. The van der Waals surface area contributed by atoms with Gasteiger partial charge in [0, 0.05) is 24.3 Å². The molecule has 1 aromatic heterocycles. The Balaban J connectivity index is 1.44. The predicted octanol–water partition coefficient (Wildman–Crippen LogP) is 1.56. The maximum absolute atomic E-state index is 12.0. The van der Waals surface area contributed by atoms with Crippen molar-refractivity contribution in [2.75, 3.05) is 18.5 Å². The van der Waals surface area contributed by atoms with Gasteiger partial charge in [0.2, 0.25) is 0 Å². The first-order valence-corrected chi connectivity index (χ1v) is 9.67. The lowest BCUT2D eigenvalue weighted by atomic mass is 9.77. The Bertz CT molecular complexity index is 1020. The van der Waals surface area contributed by atoms with Crippen LogP contribution >= 0.6 is 0 Å². The summed E-state index contributed by atoms with van der Waals surface area (Å²) in [5, 5.41) is 27.0. The van der Waals surface area contributed by atoms with E-state index >= 15 is 0 Å². The fourth-order valence-electron chi connectivity index (χ4n) is 4.23. The summed E-state index contributed by atoms with van der Waals surface area (Å²) < 4.78 is 12.7. The van der Waals surface area contributed by atoms with Gasteiger partial charge in [0.25, 0.3) is 5.91 Å². The number of nitriles is 1. The summed E-state index contributed by atoms with van der Waals surface area (Å²) >= 11 is 0. The van der Waals surface area contributed by atoms with Gasteiger partial charge >= 0.3 is 7.12 Å². The quantitative estimate of drug-likeness (QED) is 0.671. The minimum atomic E-state index is -0.741. The van der Waals surface area contributed by atoms with Gasteiger partial charge in [-0.15, -0.1) is 0 Å². The lowest BCUT2D eigenvalue weighted by Gasteiger charge is -2.26. The smallest absolute Gasteiger partial charge is 0.526 e. The van der Waals surface area contributed by atoms with E-state index in [2.05, 4.69) is 16.5 Å². The second-order valence-corrected chi connectivity index (χ2v) is 7.79. The number of hydrogen-bond acceptors (Lipinski definition) is 7. The van der Waals surface area contributed by atoms with Crippen LogP contribution in [0.1, 0.15) is 40.7 Å². The summed E-state index contributed by atoms with van der Waals surface area (Å²) in [6, 6.07) is 7.59. The zero-order valence-electron chi connectivity index (χ0n) is 15.6. The SMILES string of the molecule is N#C[C@@H]1CCOC[C@H]1n1cc(C(N)=O)c(Nc2ccc3c(c2)C2CC2B(O)O3)n1. The van der Waals surface area contributed by atoms with E-state index in [9.17, 15) is 15.1 Å². The van der Waals surface area contributed by atoms with Crippen molar-refractivity contribution in [3.8, 4) is 11.8 Å². The van der Waals surface area contributed by atoms with Crippen LogP contribution in [0, 0.1) is 17.2 Å². The maximum Gasteiger partial charge on any atom is 0.526 e. The van der Waals surface area contributed by atoms with Gasteiger partial charge in [-0.3, -0.25) is 9.48 Å². The van der Waals surface area contributed by atoms with Crippen LogP contribution in [0.2, 0.25) is 5.82 Å². The molecule has 3 heterocycles. The number of anilines is 2. The van der Waals surface area contributed by atoms with E-state index < -0.39 is 13.0 Å². The monoisotopic (exact) mass is 393 g/mol. The fourth-order valence-corrected chi connectivity index (χ4v) is 4.23. The molecule has 2 unspecified atom stereocenters. The van der Waals surface area contributed by atoms with Crippen molar-refractivity contribution in [3.05, 3.63) is 35.5 Å². The van der Waals surface area contributed by atoms with E-state index in [1.807, 2.05) is 6.07 Å². The Morgan fingerprint density at radius 2 is 2.34 bits per heavy atom. The number of primary amides is 1. The van der Waals surface area contributed by atoms with E-state index in [0.717, 1.165) is 17.7 Å². The van der Waals surface area contributed by atoms with Gasteiger partial charge < -0.3 is 25.5 Å². The van der Waals surface area contributed by atoms with Crippen molar-refractivity contribution >= 4 is 24.5 Å². The molecule has 1 aliphatic carbocycles. The summed E-state index contributed by atoms with van der Waals surface area (Å²) in [5.74, 6) is 0.612. The molecule has 4 atom stereocenters. The van der Waals surface area contributed by atoms with Crippen LogP contribution < -0.4 is 15.7 Å². The van der Waals surface area contributed by atoms with Crippen molar-refractivity contribution in [1.82, 2.24) is 9.78 Å². The number of fused-ring (bicyclic) bond motifs is 3. The Morgan fingerprint density at radius 1 is 1.48 bits per heavy atom. The maximum atomic E-state index is 12.0. The van der Waals surface area contributed by atoms with Crippen molar-refractivity contribution in [1.29, 1.82) is 5.26 Å². The molecular weight excluding hydrogens is 373 g/mol. The van der Waals surface area contributed by atoms with Crippen molar-refractivity contribution < 1.29 is 19.2 Å². The normalized spacial score (nSPS) is 27.2.